The summed E-state index contributed by atoms with van der Waals surface area (Å²) in [5.41, 5.74) is 7.93. The van der Waals surface area contributed by atoms with Gasteiger partial charge in [-0.1, -0.05) is 17.7 Å². The van der Waals surface area contributed by atoms with E-state index in [9.17, 15) is 0 Å². The van der Waals surface area contributed by atoms with Crippen LogP contribution in [0.4, 0.5) is 5.69 Å². The average Bonchev–Trinajstić information content (AvgIpc) is 2.77. The summed E-state index contributed by atoms with van der Waals surface area (Å²) in [6.45, 7) is 4.05. The number of aliphatic hydroxyl groups is 1. The SMILES string of the molecule is CC(N)c1ccc(N2CCC(CO)C2)c(Cl)c1. The van der Waals surface area contributed by atoms with Crippen LogP contribution in [0.3, 0.4) is 0 Å². The third-order valence-electron chi connectivity index (χ3n) is 3.38. The maximum absolute atomic E-state index is 9.14. The van der Waals surface area contributed by atoms with Crippen molar-refractivity contribution in [3.8, 4) is 0 Å². The minimum atomic E-state index is 0.00492. The molecule has 2 atom stereocenters. The van der Waals surface area contributed by atoms with Gasteiger partial charge in [0.2, 0.25) is 0 Å². The number of benzene rings is 1. The highest BCUT2D eigenvalue weighted by molar-refractivity contribution is 6.33. The van der Waals surface area contributed by atoms with Crippen LogP contribution in [0, 0.1) is 5.92 Å². The number of rotatable bonds is 3. The largest absolute Gasteiger partial charge is 0.396 e. The molecule has 2 unspecified atom stereocenters. The molecule has 0 saturated carbocycles. The van der Waals surface area contributed by atoms with Crippen LogP contribution in [-0.4, -0.2) is 24.8 Å². The Kier molecular flexibility index (Phi) is 3.92. The Bertz CT molecular complexity index is 395. The van der Waals surface area contributed by atoms with E-state index in [0.717, 1.165) is 35.8 Å². The first kappa shape index (κ1) is 12.7. The second kappa shape index (κ2) is 5.25. The lowest BCUT2D eigenvalue weighted by atomic mass is 10.1. The Morgan fingerprint density at radius 1 is 1.59 bits per heavy atom. The van der Waals surface area contributed by atoms with Crippen molar-refractivity contribution in [1.82, 2.24) is 0 Å². The summed E-state index contributed by atoms with van der Waals surface area (Å²) in [6.07, 6.45) is 1.03. The summed E-state index contributed by atoms with van der Waals surface area (Å²) in [6, 6.07) is 6.00. The van der Waals surface area contributed by atoms with Crippen molar-refractivity contribution in [2.75, 3.05) is 24.6 Å². The molecular weight excluding hydrogens is 236 g/mol. The average molecular weight is 255 g/mol. The standard InChI is InChI=1S/C13H19ClN2O/c1-9(15)11-2-3-13(12(14)6-11)16-5-4-10(7-16)8-17/h2-3,6,9-10,17H,4-5,7-8,15H2,1H3. The van der Waals surface area contributed by atoms with Gasteiger partial charge in [-0.15, -0.1) is 0 Å². The van der Waals surface area contributed by atoms with E-state index in [-0.39, 0.29) is 12.6 Å². The molecule has 94 valence electrons. The maximum Gasteiger partial charge on any atom is 0.0642 e. The van der Waals surface area contributed by atoms with E-state index in [2.05, 4.69) is 4.90 Å². The van der Waals surface area contributed by atoms with Crippen molar-refractivity contribution >= 4 is 17.3 Å². The van der Waals surface area contributed by atoms with Crippen LogP contribution in [0.15, 0.2) is 18.2 Å². The van der Waals surface area contributed by atoms with Gasteiger partial charge in [0.05, 0.1) is 10.7 Å². The van der Waals surface area contributed by atoms with Crippen LogP contribution in [0.25, 0.3) is 0 Å². The van der Waals surface area contributed by atoms with Crippen molar-refractivity contribution in [3.63, 3.8) is 0 Å². The summed E-state index contributed by atoms with van der Waals surface area (Å²) in [5, 5.41) is 9.89. The zero-order valence-electron chi connectivity index (χ0n) is 10.1. The highest BCUT2D eigenvalue weighted by Gasteiger charge is 2.23. The van der Waals surface area contributed by atoms with Gasteiger partial charge in [-0.2, -0.15) is 0 Å². The lowest BCUT2D eigenvalue weighted by Crippen LogP contribution is -2.21. The molecule has 17 heavy (non-hydrogen) atoms. The second-order valence-electron chi connectivity index (χ2n) is 4.78. The van der Waals surface area contributed by atoms with Gasteiger partial charge in [-0.05, 0) is 31.0 Å². The Morgan fingerprint density at radius 2 is 2.35 bits per heavy atom. The van der Waals surface area contributed by atoms with Crippen LogP contribution in [0.5, 0.6) is 0 Å². The summed E-state index contributed by atoms with van der Waals surface area (Å²) in [7, 11) is 0. The van der Waals surface area contributed by atoms with Gasteiger partial charge in [-0.3, -0.25) is 0 Å². The molecule has 0 aliphatic carbocycles. The molecule has 1 aromatic rings. The number of aliphatic hydroxyl groups excluding tert-OH is 1. The van der Waals surface area contributed by atoms with E-state index >= 15 is 0 Å². The summed E-state index contributed by atoms with van der Waals surface area (Å²) < 4.78 is 0. The lowest BCUT2D eigenvalue weighted by molar-refractivity contribution is 0.238. The monoisotopic (exact) mass is 254 g/mol. The van der Waals surface area contributed by atoms with Crippen LogP contribution in [0.1, 0.15) is 24.9 Å². The first-order valence-corrected chi connectivity index (χ1v) is 6.40. The van der Waals surface area contributed by atoms with Gasteiger partial charge >= 0.3 is 0 Å². The van der Waals surface area contributed by atoms with E-state index < -0.39 is 0 Å². The molecule has 3 N–H and O–H groups in total. The number of nitrogens with zero attached hydrogens (tertiary/aromatic N) is 1. The zero-order valence-corrected chi connectivity index (χ0v) is 10.8. The van der Waals surface area contributed by atoms with Crippen LogP contribution in [-0.2, 0) is 0 Å². The van der Waals surface area contributed by atoms with Gasteiger partial charge in [0, 0.05) is 31.7 Å². The van der Waals surface area contributed by atoms with E-state index in [0.29, 0.717) is 5.92 Å². The number of halogens is 1. The van der Waals surface area contributed by atoms with Crippen molar-refractivity contribution in [2.24, 2.45) is 11.7 Å². The molecule has 3 nitrogen and oxygen atoms in total. The molecular formula is C13H19ClN2O. The molecule has 1 fully saturated rings. The van der Waals surface area contributed by atoms with E-state index in [1.165, 1.54) is 0 Å². The Balaban J connectivity index is 2.17. The summed E-state index contributed by atoms with van der Waals surface area (Å²) >= 11 is 6.28. The van der Waals surface area contributed by atoms with Gasteiger partial charge in [-0.25, -0.2) is 0 Å². The highest BCUT2D eigenvalue weighted by atomic mass is 35.5. The quantitative estimate of drug-likeness (QED) is 0.869. The highest BCUT2D eigenvalue weighted by Crippen LogP contribution is 2.32. The van der Waals surface area contributed by atoms with Gasteiger partial charge in [0.1, 0.15) is 0 Å². The number of anilines is 1. The van der Waals surface area contributed by atoms with Crippen molar-refractivity contribution < 1.29 is 5.11 Å². The predicted octanol–water partition coefficient (Wildman–Crippen LogP) is 2.18. The fraction of sp³-hybridized carbons (Fsp3) is 0.538. The van der Waals surface area contributed by atoms with E-state index in [1.54, 1.807) is 0 Å². The van der Waals surface area contributed by atoms with Crippen molar-refractivity contribution in [1.29, 1.82) is 0 Å². The molecule has 1 aliphatic heterocycles. The Labute approximate surface area is 107 Å². The third kappa shape index (κ3) is 2.73. The number of hydrogen-bond donors (Lipinski definition) is 2. The fourth-order valence-electron chi connectivity index (χ4n) is 2.26. The maximum atomic E-state index is 9.14. The topological polar surface area (TPSA) is 49.5 Å². The van der Waals surface area contributed by atoms with E-state index in [1.807, 2.05) is 25.1 Å². The molecule has 1 aliphatic rings. The zero-order chi connectivity index (χ0) is 12.4. The van der Waals surface area contributed by atoms with Gasteiger partial charge in [0.25, 0.3) is 0 Å². The Hall–Kier alpha value is -0.770. The molecule has 0 radical (unpaired) electrons. The first-order valence-electron chi connectivity index (χ1n) is 6.02. The summed E-state index contributed by atoms with van der Waals surface area (Å²) in [4.78, 5) is 2.23. The van der Waals surface area contributed by atoms with Crippen LogP contribution < -0.4 is 10.6 Å². The van der Waals surface area contributed by atoms with Gasteiger partial charge in [0.15, 0.2) is 0 Å². The molecule has 1 heterocycles. The molecule has 1 saturated heterocycles. The molecule has 0 bridgehead atoms. The molecule has 0 spiro atoms. The molecule has 0 aromatic heterocycles. The lowest BCUT2D eigenvalue weighted by Gasteiger charge is -2.21. The molecule has 1 aromatic carbocycles. The summed E-state index contributed by atoms with van der Waals surface area (Å²) in [5.74, 6) is 0.374. The van der Waals surface area contributed by atoms with Gasteiger partial charge < -0.3 is 15.7 Å². The third-order valence-corrected chi connectivity index (χ3v) is 3.68. The number of hydrogen-bond acceptors (Lipinski definition) is 3. The smallest absolute Gasteiger partial charge is 0.0642 e. The van der Waals surface area contributed by atoms with Crippen LogP contribution >= 0.6 is 11.6 Å². The Morgan fingerprint density at radius 3 is 2.88 bits per heavy atom. The fourth-order valence-corrected chi connectivity index (χ4v) is 2.57. The molecule has 0 amide bonds. The van der Waals surface area contributed by atoms with Crippen molar-refractivity contribution in [2.45, 2.75) is 19.4 Å². The molecule has 4 heteroatoms. The molecule has 2 rings (SSSR count). The normalized spacial score (nSPS) is 21.9. The number of nitrogens with two attached hydrogens (primary N) is 1. The van der Waals surface area contributed by atoms with Crippen molar-refractivity contribution in [3.05, 3.63) is 28.8 Å². The van der Waals surface area contributed by atoms with Crippen LogP contribution in [0.2, 0.25) is 5.02 Å². The minimum Gasteiger partial charge on any atom is -0.396 e. The van der Waals surface area contributed by atoms with E-state index in [4.69, 9.17) is 22.4 Å². The second-order valence-corrected chi connectivity index (χ2v) is 5.19. The predicted molar refractivity (Wildman–Crippen MR) is 71.5 cm³/mol. The first-order chi connectivity index (χ1) is 8.11. The minimum absolute atomic E-state index is 0.00492.